The smallest absolute Gasteiger partial charge is 0.270 e. The van der Waals surface area contributed by atoms with Gasteiger partial charge in [0.2, 0.25) is 0 Å². The van der Waals surface area contributed by atoms with Crippen LogP contribution in [0.2, 0.25) is 0 Å². The number of methoxy groups -OCH3 is 1. The number of nitro benzene ring substituents is 1. The molecule has 0 saturated heterocycles. The lowest BCUT2D eigenvalue weighted by molar-refractivity contribution is -0.384. The van der Waals surface area contributed by atoms with E-state index in [1.54, 1.807) is 19.2 Å². The average Bonchev–Trinajstić information content (AvgIpc) is 2.74. The van der Waals surface area contributed by atoms with Crippen molar-refractivity contribution >= 4 is 16.6 Å². The monoisotopic (exact) mass is 263 g/mol. The predicted molar refractivity (Wildman–Crippen MR) is 72.3 cm³/mol. The van der Waals surface area contributed by atoms with Crippen LogP contribution in [0.1, 0.15) is 19.0 Å². The fourth-order valence-electron chi connectivity index (χ4n) is 2.12. The van der Waals surface area contributed by atoms with Crippen molar-refractivity contribution in [2.45, 2.75) is 26.3 Å². The first-order chi connectivity index (χ1) is 9.17. The zero-order valence-corrected chi connectivity index (χ0v) is 11.1. The minimum absolute atomic E-state index is 0.108. The van der Waals surface area contributed by atoms with E-state index in [-0.39, 0.29) is 10.6 Å². The minimum Gasteiger partial charge on any atom is -0.383 e. The molecule has 1 aromatic heterocycles. The quantitative estimate of drug-likeness (QED) is 0.593. The third-order valence-electron chi connectivity index (χ3n) is 3.02. The fraction of sp³-hybridized carbons (Fsp3) is 0.462. The van der Waals surface area contributed by atoms with E-state index >= 15 is 0 Å². The topological polar surface area (TPSA) is 70.2 Å². The van der Waals surface area contributed by atoms with Crippen molar-refractivity contribution in [2.24, 2.45) is 0 Å². The van der Waals surface area contributed by atoms with Crippen LogP contribution >= 0.6 is 0 Å². The number of aromatic nitrogens is 2. The van der Waals surface area contributed by atoms with Crippen LogP contribution in [0.15, 0.2) is 18.2 Å². The van der Waals surface area contributed by atoms with Gasteiger partial charge in [-0.2, -0.15) is 5.10 Å². The summed E-state index contributed by atoms with van der Waals surface area (Å²) in [5.74, 6) is 0. The van der Waals surface area contributed by atoms with Gasteiger partial charge in [-0.25, -0.2) is 0 Å². The molecule has 2 rings (SSSR count). The summed E-state index contributed by atoms with van der Waals surface area (Å²) in [7, 11) is 1.64. The molecule has 0 unspecified atom stereocenters. The average molecular weight is 263 g/mol. The highest BCUT2D eigenvalue weighted by Crippen LogP contribution is 2.24. The van der Waals surface area contributed by atoms with Crippen molar-refractivity contribution in [1.29, 1.82) is 0 Å². The molecule has 19 heavy (non-hydrogen) atoms. The lowest BCUT2D eigenvalue weighted by Crippen LogP contribution is -2.06. The van der Waals surface area contributed by atoms with Crippen LogP contribution < -0.4 is 0 Å². The number of hydrogen-bond donors (Lipinski definition) is 0. The standard InChI is InChI=1S/C13H17N3O3/c1-3-4-12-11-9-10(16(17)18)5-6-13(11)15(14-12)7-8-19-2/h5-6,9H,3-4,7-8H2,1-2H3. The lowest BCUT2D eigenvalue weighted by Gasteiger charge is -2.01. The zero-order valence-electron chi connectivity index (χ0n) is 11.1. The van der Waals surface area contributed by atoms with Crippen molar-refractivity contribution in [3.05, 3.63) is 34.0 Å². The summed E-state index contributed by atoms with van der Waals surface area (Å²) >= 11 is 0. The summed E-state index contributed by atoms with van der Waals surface area (Å²) < 4.78 is 6.91. The van der Waals surface area contributed by atoms with E-state index in [0.29, 0.717) is 13.2 Å². The van der Waals surface area contributed by atoms with Crippen LogP contribution in [-0.2, 0) is 17.7 Å². The maximum atomic E-state index is 10.9. The van der Waals surface area contributed by atoms with E-state index in [2.05, 4.69) is 12.0 Å². The first-order valence-electron chi connectivity index (χ1n) is 6.30. The van der Waals surface area contributed by atoms with Crippen molar-refractivity contribution in [3.63, 3.8) is 0 Å². The number of rotatable bonds is 6. The largest absolute Gasteiger partial charge is 0.383 e. The number of nitro groups is 1. The summed E-state index contributed by atoms with van der Waals surface area (Å²) in [6, 6.07) is 4.88. The van der Waals surface area contributed by atoms with Gasteiger partial charge in [0.15, 0.2) is 0 Å². The Labute approximate surface area is 111 Å². The van der Waals surface area contributed by atoms with Crippen LogP contribution in [0, 0.1) is 10.1 Å². The van der Waals surface area contributed by atoms with Crippen LogP contribution in [0.25, 0.3) is 10.9 Å². The van der Waals surface area contributed by atoms with Gasteiger partial charge in [0.05, 0.1) is 29.3 Å². The number of aryl methyl sites for hydroxylation is 1. The van der Waals surface area contributed by atoms with Gasteiger partial charge >= 0.3 is 0 Å². The third-order valence-corrected chi connectivity index (χ3v) is 3.02. The van der Waals surface area contributed by atoms with Gasteiger partial charge in [-0.15, -0.1) is 0 Å². The van der Waals surface area contributed by atoms with E-state index < -0.39 is 0 Å². The molecular formula is C13H17N3O3. The van der Waals surface area contributed by atoms with Crippen molar-refractivity contribution in [2.75, 3.05) is 13.7 Å². The number of hydrogen-bond acceptors (Lipinski definition) is 4. The summed E-state index contributed by atoms with van der Waals surface area (Å²) in [4.78, 5) is 10.5. The normalized spacial score (nSPS) is 11.1. The van der Waals surface area contributed by atoms with E-state index in [4.69, 9.17) is 4.74 Å². The molecule has 0 spiro atoms. The predicted octanol–water partition coefficient (Wildman–Crippen LogP) is 2.54. The highest BCUT2D eigenvalue weighted by atomic mass is 16.6. The van der Waals surface area contributed by atoms with Crippen LogP contribution in [0.5, 0.6) is 0 Å². The maximum Gasteiger partial charge on any atom is 0.270 e. The van der Waals surface area contributed by atoms with E-state index in [9.17, 15) is 10.1 Å². The molecule has 0 aliphatic rings. The Hall–Kier alpha value is -1.95. The summed E-state index contributed by atoms with van der Waals surface area (Å²) in [5.41, 5.74) is 1.94. The Kier molecular flexibility index (Phi) is 4.11. The van der Waals surface area contributed by atoms with Gasteiger partial charge in [0, 0.05) is 24.6 Å². The molecule has 0 fully saturated rings. The molecule has 0 aliphatic carbocycles. The first kappa shape index (κ1) is 13.5. The number of ether oxygens (including phenoxy) is 1. The second kappa shape index (κ2) is 5.79. The number of non-ortho nitro benzene ring substituents is 1. The summed E-state index contributed by atoms with van der Waals surface area (Å²) in [5, 5.41) is 16.2. The SMILES string of the molecule is CCCc1nn(CCOC)c2ccc([N+](=O)[O-])cc12. The Bertz CT molecular complexity index is 592. The number of benzene rings is 1. The van der Waals surface area contributed by atoms with Crippen molar-refractivity contribution in [3.8, 4) is 0 Å². The van der Waals surface area contributed by atoms with Gasteiger partial charge in [-0.1, -0.05) is 13.3 Å². The molecule has 0 atom stereocenters. The van der Waals surface area contributed by atoms with Crippen LogP contribution in [0.3, 0.4) is 0 Å². The molecule has 0 N–H and O–H groups in total. The third kappa shape index (κ3) is 2.73. The molecular weight excluding hydrogens is 246 g/mol. The number of fused-ring (bicyclic) bond motifs is 1. The Morgan fingerprint density at radius 1 is 1.47 bits per heavy atom. The second-order valence-corrected chi connectivity index (χ2v) is 4.37. The van der Waals surface area contributed by atoms with Gasteiger partial charge in [0.25, 0.3) is 5.69 Å². The van der Waals surface area contributed by atoms with E-state index in [1.807, 2.05) is 4.68 Å². The Morgan fingerprint density at radius 3 is 2.89 bits per heavy atom. The highest BCUT2D eigenvalue weighted by molar-refractivity contribution is 5.84. The molecule has 0 aliphatic heterocycles. The molecule has 1 aromatic carbocycles. The second-order valence-electron chi connectivity index (χ2n) is 4.37. The molecule has 0 radical (unpaired) electrons. The van der Waals surface area contributed by atoms with E-state index in [1.165, 1.54) is 6.07 Å². The van der Waals surface area contributed by atoms with Crippen LogP contribution in [-0.4, -0.2) is 28.4 Å². The highest BCUT2D eigenvalue weighted by Gasteiger charge is 2.14. The Morgan fingerprint density at radius 2 is 2.26 bits per heavy atom. The Balaban J connectivity index is 2.50. The van der Waals surface area contributed by atoms with E-state index in [0.717, 1.165) is 29.4 Å². The summed E-state index contributed by atoms with van der Waals surface area (Å²) in [6.45, 7) is 3.28. The number of nitrogens with zero attached hydrogens (tertiary/aromatic N) is 3. The fourth-order valence-corrected chi connectivity index (χ4v) is 2.12. The molecule has 2 aromatic rings. The van der Waals surface area contributed by atoms with Gasteiger partial charge < -0.3 is 4.74 Å². The molecule has 0 saturated carbocycles. The van der Waals surface area contributed by atoms with Crippen molar-refractivity contribution in [1.82, 2.24) is 9.78 Å². The van der Waals surface area contributed by atoms with Crippen molar-refractivity contribution < 1.29 is 9.66 Å². The minimum atomic E-state index is -0.373. The first-order valence-corrected chi connectivity index (χ1v) is 6.30. The maximum absolute atomic E-state index is 10.9. The summed E-state index contributed by atoms with van der Waals surface area (Å²) in [6.07, 6.45) is 1.77. The molecule has 0 amide bonds. The molecule has 102 valence electrons. The van der Waals surface area contributed by atoms with Crippen LogP contribution in [0.4, 0.5) is 5.69 Å². The molecule has 1 heterocycles. The van der Waals surface area contributed by atoms with Gasteiger partial charge in [0.1, 0.15) is 0 Å². The zero-order chi connectivity index (χ0) is 13.8. The molecule has 0 bridgehead atoms. The lowest BCUT2D eigenvalue weighted by atomic mass is 10.1. The molecule has 6 nitrogen and oxygen atoms in total. The molecule has 6 heteroatoms. The van der Waals surface area contributed by atoms with Gasteiger partial charge in [-0.3, -0.25) is 14.8 Å². The van der Waals surface area contributed by atoms with Gasteiger partial charge in [-0.05, 0) is 12.5 Å².